The second-order valence-electron chi connectivity index (χ2n) is 5.96. The second-order valence-corrected chi connectivity index (χ2v) is 7.21. The predicted octanol–water partition coefficient (Wildman–Crippen LogP) is 5.20. The van der Waals surface area contributed by atoms with E-state index in [1.807, 2.05) is 13.1 Å². The van der Waals surface area contributed by atoms with Crippen LogP contribution < -0.4 is 5.32 Å². The maximum Gasteiger partial charge on any atom is 0.238 e. The van der Waals surface area contributed by atoms with Gasteiger partial charge in [0.05, 0.1) is 22.3 Å². The summed E-state index contributed by atoms with van der Waals surface area (Å²) in [4.78, 5) is 14.4. The SMILES string of the molecule is CN(CC(=O)Nc1c(Cl)cc(Cl)cc1Cl)[C@@H]1CCc2ccccc21. The summed E-state index contributed by atoms with van der Waals surface area (Å²) < 4.78 is 0. The maximum absolute atomic E-state index is 12.4. The lowest BCUT2D eigenvalue weighted by Crippen LogP contribution is -2.32. The first-order valence-electron chi connectivity index (χ1n) is 7.68. The Morgan fingerprint density at radius 1 is 1.21 bits per heavy atom. The van der Waals surface area contributed by atoms with Gasteiger partial charge in [0.15, 0.2) is 0 Å². The molecule has 0 saturated heterocycles. The Morgan fingerprint density at radius 3 is 2.58 bits per heavy atom. The molecule has 0 radical (unpaired) electrons. The summed E-state index contributed by atoms with van der Waals surface area (Å²) in [6.07, 6.45) is 2.06. The number of benzene rings is 2. The van der Waals surface area contributed by atoms with Crippen LogP contribution in [0.2, 0.25) is 15.1 Å². The number of hydrogen-bond acceptors (Lipinski definition) is 2. The molecule has 126 valence electrons. The van der Waals surface area contributed by atoms with E-state index in [4.69, 9.17) is 34.8 Å². The fraction of sp³-hybridized carbons (Fsp3) is 0.278. The summed E-state index contributed by atoms with van der Waals surface area (Å²) in [6, 6.07) is 11.7. The van der Waals surface area contributed by atoms with E-state index in [9.17, 15) is 4.79 Å². The molecule has 0 unspecified atom stereocenters. The molecule has 1 amide bonds. The van der Waals surface area contributed by atoms with Gasteiger partial charge in [0.2, 0.25) is 5.91 Å². The molecule has 6 heteroatoms. The van der Waals surface area contributed by atoms with Gasteiger partial charge in [0.1, 0.15) is 0 Å². The smallest absolute Gasteiger partial charge is 0.238 e. The molecule has 1 aliphatic carbocycles. The van der Waals surface area contributed by atoms with Crippen molar-refractivity contribution in [2.24, 2.45) is 0 Å². The first-order valence-corrected chi connectivity index (χ1v) is 8.81. The van der Waals surface area contributed by atoms with Crippen molar-refractivity contribution in [3.8, 4) is 0 Å². The van der Waals surface area contributed by atoms with Gasteiger partial charge in [-0.05, 0) is 43.1 Å². The third kappa shape index (κ3) is 3.70. The quantitative estimate of drug-likeness (QED) is 0.786. The van der Waals surface area contributed by atoms with E-state index in [1.54, 1.807) is 12.1 Å². The van der Waals surface area contributed by atoms with Gasteiger partial charge in [-0.1, -0.05) is 59.1 Å². The molecule has 0 fully saturated rings. The van der Waals surface area contributed by atoms with Crippen molar-refractivity contribution in [2.45, 2.75) is 18.9 Å². The number of likely N-dealkylation sites (N-methyl/N-ethyl adjacent to an activating group) is 1. The Kier molecular flexibility index (Phi) is 5.36. The lowest BCUT2D eigenvalue weighted by molar-refractivity contribution is -0.117. The number of anilines is 1. The number of carbonyl (C=O) groups excluding carboxylic acids is 1. The highest BCUT2D eigenvalue weighted by Crippen LogP contribution is 2.35. The van der Waals surface area contributed by atoms with Crippen LogP contribution in [0.25, 0.3) is 0 Å². The Balaban J connectivity index is 1.68. The molecule has 0 aromatic heterocycles. The van der Waals surface area contributed by atoms with Gasteiger partial charge in [-0.15, -0.1) is 0 Å². The van der Waals surface area contributed by atoms with Gasteiger partial charge in [-0.3, -0.25) is 9.69 Å². The largest absolute Gasteiger partial charge is 0.322 e. The zero-order valence-electron chi connectivity index (χ0n) is 13.2. The van der Waals surface area contributed by atoms with Crippen LogP contribution in [-0.4, -0.2) is 24.4 Å². The molecular formula is C18H17Cl3N2O. The number of fused-ring (bicyclic) bond motifs is 1. The number of amides is 1. The standard InChI is InChI=1S/C18H17Cl3N2O/c1-23(16-7-6-11-4-2-3-5-13(11)16)10-17(24)22-18-14(20)8-12(19)9-15(18)21/h2-5,8-9,16H,6-7,10H2,1H3,(H,22,24)/t16-/m1/s1. The van der Waals surface area contributed by atoms with Gasteiger partial charge in [0.25, 0.3) is 0 Å². The van der Waals surface area contributed by atoms with Gasteiger partial charge >= 0.3 is 0 Å². The minimum Gasteiger partial charge on any atom is -0.322 e. The molecule has 3 nitrogen and oxygen atoms in total. The topological polar surface area (TPSA) is 32.3 Å². The molecule has 1 aliphatic rings. The summed E-state index contributed by atoms with van der Waals surface area (Å²) in [5.74, 6) is -0.159. The van der Waals surface area contributed by atoms with E-state index in [-0.39, 0.29) is 18.5 Å². The van der Waals surface area contributed by atoms with Gasteiger partial charge in [-0.25, -0.2) is 0 Å². The van der Waals surface area contributed by atoms with Crippen molar-refractivity contribution in [1.29, 1.82) is 0 Å². The normalized spacial score (nSPS) is 16.3. The first kappa shape index (κ1) is 17.6. The van der Waals surface area contributed by atoms with Crippen molar-refractivity contribution in [2.75, 3.05) is 18.9 Å². The van der Waals surface area contributed by atoms with Gasteiger partial charge in [0, 0.05) is 11.1 Å². The van der Waals surface area contributed by atoms with Gasteiger partial charge in [-0.2, -0.15) is 0 Å². The molecule has 3 rings (SSSR count). The van der Waals surface area contributed by atoms with Crippen molar-refractivity contribution >= 4 is 46.4 Å². The zero-order valence-corrected chi connectivity index (χ0v) is 15.4. The monoisotopic (exact) mass is 382 g/mol. The van der Waals surface area contributed by atoms with Crippen LogP contribution in [0, 0.1) is 0 Å². The fourth-order valence-corrected chi connectivity index (χ4v) is 4.08. The van der Waals surface area contributed by atoms with Crippen LogP contribution in [0.4, 0.5) is 5.69 Å². The second kappa shape index (κ2) is 7.32. The van der Waals surface area contributed by atoms with E-state index < -0.39 is 0 Å². The minimum absolute atomic E-state index is 0.159. The third-order valence-corrected chi connectivity index (χ3v) is 5.11. The van der Waals surface area contributed by atoms with Crippen molar-refractivity contribution < 1.29 is 4.79 Å². The molecule has 1 atom stereocenters. The predicted molar refractivity (Wildman–Crippen MR) is 100 cm³/mol. The summed E-state index contributed by atoms with van der Waals surface area (Å²) in [5, 5.41) is 3.87. The molecule has 1 N–H and O–H groups in total. The summed E-state index contributed by atoms with van der Waals surface area (Å²) >= 11 is 18.1. The van der Waals surface area contributed by atoms with Crippen molar-refractivity contribution in [1.82, 2.24) is 4.90 Å². The van der Waals surface area contributed by atoms with Crippen LogP contribution in [-0.2, 0) is 11.2 Å². The Labute approximate surface area is 156 Å². The van der Waals surface area contributed by atoms with E-state index >= 15 is 0 Å². The van der Waals surface area contributed by atoms with E-state index in [1.165, 1.54) is 11.1 Å². The molecular weight excluding hydrogens is 367 g/mol. The Hall–Kier alpha value is -1.26. The Bertz CT molecular complexity index is 756. The highest BCUT2D eigenvalue weighted by Gasteiger charge is 2.26. The van der Waals surface area contributed by atoms with Crippen LogP contribution in [0.3, 0.4) is 0 Å². The number of aryl methyl sites for hydroxylation is 1. The van der Waals surface area contributed by atoms with E-state index in [0.717, 1.165) is 12.8 Å². The lowest BCUT2D eigenvalue weighted by atomic mass is 10.1. The molecule has 24 heavy (non-hydrogen) atoms. The molecule has 0 saturated carbocycles. The molecule has 0 heterocycles. The fourth-order valence-electron chi connectivity index (χ4n) is 3.17. The average Bonchev–Trinajstić information content (AvgIpc) is 2.95. The number of nitrogens with zero attached hydrogens (tertiary/aromatic N) is 1. The minimum atomic E-state index is -0.159. The van der Waals surface area contributed by atoms with E-state index in [2.05, 4.69) is 28.4 Å². The maximum atomic E-state index is 12.4. The third-order valence-electron chi connectivity index (χ3n) is 4.30. The molecule has 2 aromatic rings. The van der Waals surface area contributed by atoms with Crippen LogP contribution in [0.5, 0.6) is 0 Å². The summed E-state index contributed by atoms with van der Waals surface area (Å²) in [6.45, 7) is 0.258. The summed E-state index contributed by atoms with van der Waals surface area (Å²) in [5.41, 5.74) is 3.06. The number of halogens is 3. The first-order chi connectivity index (χ1) is 11.5. The molecule has 0 spiro atoms. The van der Waals surface area contributed by atoms with Crippen LogP contribution in [0.15, 0.2) is 36.4 Å². The Morgan fingerprint density at radius 2 is 1.88 bits per heavy atom. The molecule has 2 aromatic carbocycles. The highest BCUT2D eigenvalue weighted by atomic mass is 35.5. The number of carbonyl (C=O) groups is 1. The number of hydrogen-bond donors (Lipinski definition) is 1. The van der Waals surface area contributed by atoms with Crippen LogP contribution >= 0.6 is 34.8 Å². The van der Waals surface area contributed by atoms with Crippen LogP contribution in [0.1, 0.15) is 23.6 Å². The van der Waals surface area contributed by atoms with E-state index in [0.29, 0.717) is 20.8 Å². The zero-order chi connectivity index (χ0) is 17.3. The molecule has 0 aliphatic heterocycles. The average molecular weight is 384 g/mol. The summed E-state index contributed by atoms with van der Waals surface area (Å²) in [7, 11) is 1.96. The highest BCUT2D eigenvalue weighted by molar-refractivity contribution is 6.42. The number of rotatable bonds is 4. The molecule has 0 bridgehead atoms. The number of nitrogens with one attached hydrogen (secondary N) is 1. The van der Waals surface area contributed by atoms with Crippen molar-refractivity contribution in [3.63, 3.8) is 0 Å². The lowest BCUT2D eigenvalue weighted by Gasteiger charge is -2.24. The van der Waals surface area contributed by atoms with Crippen molar-refractivity contribution in [3.05, 3.63) is 62.6 Å². The van der Waals surface area contributed by atoms with Gasteiger partial charge < -0.3 is 5.32 Å².